The lowest BCUT2D eigenvalue weighted by Crippen LogP contribution is -2.20. The lowest BCUT2D eigenvalue weighted by atomic mass is 10.0. The van der Waals surface area contributed by atoms with E-state index < -0.39 is 0 Å². The molecule has 1 aromatic heterocycles. The van der Waals surface area contributed by atoms with Crippen molar-refractivity contribution in [2.75, 3.05) is 0 Å². The molecule has 0 aliphatic heterocycles. The van der Waals surface area contributed by atoms with Gasteiger partial charge in [0, 0.05) is 30.9 Å². The Bertz CT molecular complexity index is 681. The van der Waals surface area contributed by atoms with Crippen molar-refractivity contribution < 1.29 is 4.79 Å². The molecule has 4 heteroatoms. The topological polar surface area (TPSA) is 46.9 Å². The third-order valence-corrected chi connectivity index (χ3v) is 3.86. The normalized spacial score (nSPS) is 11.3. The van der Waals surface area contributed by atoms with Gasteiger partial charge in [0.2, 0.25) is 5.91 Å². The number of nitrogens with zero attached hydrogens (tertiary/aromatic N) is 2. The minimum absolute atomic E-state index is 0.0958. The predicted molar refractivity (Wildman–Crippen MR) is 94.0 cm³/mol. The maximum atomic E-state index is 11.9. The van der Waals surface area contributed by atoms with Gasteiger partial charge in [-0.2, -0.15) is 5.10 Å². The largest absolute Gasteiger partial charge is 0.348 e. The van der Waals surface area contributed by atoms with E-state index in [4.69, 9.17) is 0 Å². The SMILES string of the molecule is CCn1cc(CNC(=O)/C=C/c2ccc(C(C)C)cc2)c(C)n1. The summed E-state index contributed by atoms with van der Waals surface area (Å²) in [5.41, 5.74) is 4.34. The van der Waals surface area contributed by atoms with E-state index in [0.29, 0.717) is 12.5 Å². The molecular weight excluding hydrogens is 286 g/mol. The zero-order chi connectivity index (χ0) is 16.8. The fourth-order valence-corrected chi connectivity index (χ4v) is 2.30. The van der Waals surface area contributed by atoms with Crippen LogP contribution >= 0.6 is 0 Å². The van der Waals surface area contributed by atoms with Gasteiger partial charge >= 0.3 is 0 Å². The van der Waals surface area contributed by atoms with Gasteiger partial charge in [-0.15, -0.1) is 0 Å². The number of aromatic nitrogens is 2. The van der Waals surface area contributed by atoms with Crippen LogP contribution in [0.25, 0.3) is 6.08 Å². The molecule has 0 saturated carbocycles. The van der Waals surface area contributed by atoms with E-state index >= 15 is 0 Å². The quantitative estimate of drug-likeness (QED) is 0.828. The summed E-state index contributed by atoms with van der Waals surface area (Å²) < 4.78 is 1.88. The Morgan fingerprint density at radius 1 is 1.30 bits per heavy atom. The van der Waals surface area contributed by atoms with Crippen LogP contribution in [0.15, 0.2) is 36.5 Å². The molecule has 0 aliphatic carbocycles. The molecule has 1 aromatic carbocycles. The van der Waals surface area contributed by atoms with Crippen molar-refractivity contribution in [3.8, 4) is 0 Å². The van der Waals surface area contributed by atoms with Crippen LogP contribution in [0, 0.1) is 6.92 Å². The van der Waals surface area contributed by atoms with Crippen molar-refractivity contribution in [3.63, 3.8) is 0 Å². The predicted octanol–water partition coefficient (Wildman–Crippen LogP) is 3.66. The molecule has 23 heavy (non-hydrogen) atoms. The highest BCUT2D eigenvalue weighted by molar-refractivity contribution is 5.91. The van der Waals surface area contributed by atoms with E-state index in [-0.39, 0.29) is 5.91 Å². The summed E-state index contributed by atoms with van der Waals surface area (Å²) >= 11 is 0. The van der Waals surface area contributed by atoms with Crippen molar-refractivity contribution >= 4 is 12.0 Å². The van der Waals surface area contributed by atoms with Crippen LogP contribution in [-0.4, -0.2) is 15.7 Å². The van der Waals surface area contributed by atoms with Gasteiger partial charge in [-0.25, -0.2) is 0 Å². The van der Waals surface area contributed by atoms with Crippen LogP contribution in [0.5, 0.6) is 0 Å². The Morgan fingerprint density at radius 3 is 2.57 bits per heavy atom. The van der Waals surface area contributed by atoms with E-state index in [9.17, 15) is 4.79 Å². The average molecular weight is 311 g/mol. The van der Waals surface area contributed by atoms with Crippen molar-refractivity contribution in [2.24, 2.45) is 0 Å². The Hall–Kier alpha value is -2.36. The zero-order valence-electron chi connectivity index (χ0n) is 14.3. The highest BCUT2D eigenvalue weighted by atomic mass is 16.1. The highest BCUT2D eigenvalue weighted by Crippen LogP contribution is 2.15. The van der Waals surface area contributed by atoms with E-state index in [0.717, 1.165) is 23.4 Å². The van der Waals surface area contributed by atoms with Crippen molar-refractivity contribution in [1.82, 2.24) is 15.1 Å². The second-order valence-corrected chi connectivity index (χ2v) is 5.97. The third kappa shape index (κ3) is 4.81. The van der Waals surface area contributed by atoms with Crippen molar-refractivity contribution in [1.29, 1.82) is 0 Å². The summed E-state index contributed by atoms with van der Waals surface area (Å²) in [6.45, 7) is 9.67. The molecule has 1 heterocycles. The molecule has 1 amide bonds. The van der Waals surface area contributed by atoms with Crippen molar-refractivity contribution in [3.05, 3.63) is 58.9 Å². The van der Waals surface area contributed by atoms with Gasteiger partial charge in [-0.05, 0) is 37.0 Å². The number of carbonyl (C=O) groups excluding carboxylic acids is 1. The highest BCUT2D eigenvalue weighted by Gasteiger charge is 2.05. The summed E-state index contributed by atoms with van der Waals surface area (Å²) in [5.74, 6) is 0.421. The van der Waals surface area contributed by atoms with Crippen LogP contribution in [0.1, 0.15) is 49.1 Å². The second-order valence-electron chi connectivity index (χ2n) is 5.97. The molecule has 1 N–H and O–H groups in total. The number of nitrogens with one attached hydrogen (secondary N) is 1. The second kappa shape index (κ2) is 7.77. The molecule has 0 unspecified atom stereocenters. The summed E-state index contributed by atoms with van der Waals surface area (Å²) in [5, 5.41) is 7.27. The third-order valence-electron chi connectivity index (χ3n) is 3.86. The van der Waals surface area contributed by atoms with Gasteiger partial charge in [-0.3, -0.25) is 9.48 Å². The first kappa shape index (κ1) is 17.0. The molecule has 0 atom stereocenters. The number of aryl methyl sites for hydroxylation is 2. The molecule has 122 valence electrons. The monoisotopic (exact) mass is 311 g/mol. The van der Waals surface area contributed by atoms with Gasteiger partial charge in [0.05, 0.1) is 5.69 Å². The first-order valence-electron chi connectivity index (χ1n) is 8.08. The van der Waals surface area contributed by atoms with Crippen LogP contribution in [-0.2, 0) is 17.9 Å². The van der Waals surface area contributed by atoms with Crippen LogP contribution in [0.4, 0.5) is 0 Å². The summed E-state index contributed by atoms with van der Waals surface area (Å²) in [6, 6.07) is 8.28. The first-order chi connectivity index (χ1) is 11.0. The first-order valence-corrected chi connectivity index (χ1v) is 8.08. The van der Waals surface area contributed by atoms with Gasteiger partial charge in [-0.1, -0.05) is 38.1 Å². The average Bonchev–Trinajstić information content (AvgIpc) is 2.91. The standard InChI is InChI=1S/C19H25N3O/c1-5-22-13-18(15(4)21-22)12-20-19(23)11-8-16-6-9-17(10-7-16)14(2)3/h6-11,13-14H,5,12H2,1-4H3,(H,20,23)/b11-8+. The lowest BCUT2D eigenvalue weighted by molar-refractivity contribution is -0.116. The summed E-state index contributed by atoms with van der Waals surface area (Å²) in [7, 11) is 0. The number of hydrogen-bond donors (Lipinski definition) is 1. The zero-order valence-corrected chi connectivity index (χ0v) is 14.3. The Kier molecular flexibility index (Phi) is 5.74. The van der Waals surface area contributed by atoms with Gasteiger partial charge in [0.15, 0.2) is 0 Å². The number of hydrogen-bond acceptors (Lipinski definition) is 2. The van der Waals surface area contributed by atoms with E-state index in [1.54, 1.807) is 6.08 Å². The molecule has 0 spiro atoms. The molecule has 0 fully saturated rings. The Labute approximate surface area is 138 Å². The fraction of sp³-hybridized carbons (Fsp3) is 0.368. The number of amides is 1. The van der Waals surface area contributed by atoms with Gasteiger partial charge in [0.25, 0.3) is 0 Å². The summed E-state index contributed by atoms with van der Waals surface area (Å²) in [6.07, 6.45) is 5.38. The minimum Gasteiger partial charge on any atom is -0.348 e. The number of carbonyl (C=O) groups is 1. The maximum Gasteiger partial charge on any atom is 0.244 e. The fourth-order valence-electron chi connectivity index (χ4n) is 2.30. The Morgan fingerprint density at radius 2 is 2.00 bits per heavy atom. The van der Waals surface area contributed by atoms with Gasteiger partial charge < -0.3 is 5.32 Å². The molecule has 0 bridgehead atoms. The minimum atomic E-state index is -0.0958. The maximum absolute atomic E-state index is 11.9. The molecule has 2 rings (SSSR count). The van der Waals surface area contributed by atoms with Crippen LogP contribution in [0.3, 0.4) is 0 Å². The molecular formula is C19H25N3O. The molecule has 0 radical (unpaired) electrons. The van der Waals surface area contributed by atoms with Crippen LogP contribution in [0.2, 0.25) is 0 Å². The van der Waals surface area contributed by atoms with E-state index in [2.05, 4.69) is 36.4 Å². The lowest BCUT2D eigenvalue weighted by Gasteiger charge is -2.04. The van der Waals surface area contributed by atoms with Crippen molar-refractivity contribution in [2.45, 2.75) is 46.7 Å². The van der Waals surface area contributed by atoms with Gasteiger partial charge in [0.1, 0.15) is 0 Å². The van der Waals surface area contributed by atoms with E-state index in [1.807, 2.05) is 42.9 Å². The van der Waals surface area contributed by atoms with Crippen LogP contribution < -0.4 is 5.32 Å². The summed E-state index contributed by atoms with van der Waals surface area (Å²) in [4.78, 5) is 11.9. The molecule has 0 aliphatic rings. The molecule has 4 nitrogen and oxygen atoms in total. The van der Waals surface area contributed by atoms with E-state index in [1.165, 1.54) is 5.56 Å². The Balaban J connectivity index is 1.89. The smallest absolute Gasteiger partial charge is 0.244 e. The number of benzene rings is 1. The number of rotatable bonds is 6. The molecule has 2 aromatic rings. The molecule has 0 saturated heterocycles.